The summed E-state index contributed by atoms with van der Waals surface area (Å²) in [7, 11) is -0.504. The second-order valence-corrected chi connectivity index (χ2v) is 9.33. The van der Waals surface area contributed by atoms with Crippen LogP contribution in [0.5, 0.6) is 0 Å². The van der Waals surface area contributed by atoms with E-state index in [1.165, 1.54) is 21.3 Å². The molecule has 29 heavy (non-hydrogen) atoms. The highest BCUT2D eigenvalue weighted by molar-refractivity contribution is 7.91. The summed E-state index contributed by atoms with van der Waals surface area (Å²) in [4.78, 5) is 25.0. The first kappa shape index (κ1) is 21.1. The smallest absolute Gasteiger partial charge is 0.321 e. The molecule has 0 aliphatic carbocycles. The van der Waals surface area contributed by atoms with Gasteiger partial charge in [-0.2, -0.15) is 0 Å². The molecule has 0 aliphatic rings. The third kappa shape index (κ3) is 3.95. The van der Waals surface area contributed by atoms with E-state index in [9.17, 15) is 18.0 Å². The Hall–Kier alpha value is -2.58. The van der Waals surface area contributed by atoms with E-state index < -0.39 is 15.7 Å². The molecule has 9 heteroatoms. The molecular weight excluding hydrogens is 414 g/mol. The predicted octanol–water partition coefficient (Wildman–Crippen LogP) is 3.36. The quantitative estimate of drug-likeness (QED) is 0.642. The number of nitrogens with one attached hydrogen (secondary N) is 1. The minimum atomic E-state index is -3.68. The molecule has 0 spiro atoms. The van der Waals surface area contributed by atoms with Crippen LogP contribution in [0.15, 0.2) is 46.1 Å². The number of carbonyl (C=O) groups excluding carboxylic acids is 1. The lowest BCUT2D eigenvalue weighted by atomic mass is 10.2. The van der Waals surface area contributed by atoms with E-state index in [2.05, 4.69) is 5.32 Å². The highest BCUT2D eigenvalue weighted by atomic mass is 35.5. The number of imidazole rings is 1. The zero-order valence-corrected chi connectivity index (χ0v) is 18.0. The summed E-state index contributed by atoms with van der Waals surface area (Å²) in [5, 5.41) is 2.93. The van der Waals surface area contributed by atoms with Gasteiger partial charge in [0.1, 0.15) is 0 Å². The molecule has 1 N–H and O–H groups in total. The fourth-order valence-corrected chi connectivity index (χ4v) is 5.01. The number of aryl methyl sites for hydroxylation is 2. The maximum Gasteiger partial charge on any atom is 0.328 e. The average Bonchev–Trinajstić information content (AvgIpc) is 2.90. The molecule has 0 radical (unpaired) electrons. The fourth-order valence-electron chi connectivity index (χ4n) is 3.16. The summed E-state index contributed by atoms with van der Waals surface area (Å²) in [5.74, 6) is -0.576. The predicted molar refractivity (Wildman–Crippen MR) is 115 cm³/mol. The van der Waals surface area contributed by atoms with Gasteiger partial charge in [-0.3, -0.25) is 13.9 Å². The fraction of sp³-hybridized carbons (Fsp3) is 0.300. The molecule has 3 aromatic rings. The van der Waals surface area contributed by atoms with Crippen LogP contribution in [-0.2, 0) is 23.9 Å². The second kappa shape index (κ2) is 8.04. The summed E-state index contributed by atoms with van der Waals surface area (Å²) in [6, 6.07) is 9.47. The van der Waals surface area contributed by atoms with E-state index in [1.807, 2.05) is 6.92 Å². The van der Waals surface area contributed by atoms with Gasteiger partial charge in [0.15, 0.2) is 9.84 Å². The molecule has 7 nitrogen and oxygen atoms in total. The molecule has 0 fully saturated rings. The Balaban J connectivity index is 2.19. The van der Waals surface area contributed by atoms with Crippen molar-refractivity contribution >= 4 is 44.1 Å². The monoisotopic (exact) mass is 435 g/mol. The highest BCUT2D eigenvalue weighted by Gasteiger charge is 2.23. The van der Waals surface area contributed by atoms with Gasteiger partial charge >= 0.3 is 5.69 Å². The number of anilines is 1. The van der Waals surface area contributed by atoms with Crippen molar-refractivity contribution in [3.05, 3.63) is 57.5 Å². The first-order chi connectivity index (χ1) is 13.7. The number of hydrogen-bond donors (Lipinski definition) is 1. The number of benzene rings is 2. The summed E-state index contributed by atoms with van der Waals surface area (Å²) < 4.78 is 28.7. The molecule has 1 heterocycles. The first-order valence-corrected chi connectivity index (χ1v) is 11.2. The Kier molecular flexibility index (Phi) is 5.86. The van der Waals surface area contributed by atoms with Crippen LogP contribution in [0.2, 0.25) is 5.02 Å². The van der Waals surface area contributed by atoms with Gasteiger partial charge in [0.05, 0.1) is 38.0 Å². The number of amides is 1. The Labute approximate surface area is 173 Å². The highest BCUT2D eigenvalue weighted by Crippen LogP contribution is 2.29. The standard InChI is InChI=1S/C20H22ClN3O4S/c1-4-5-10-29(27,28)18-12-17-16(23(2)20(26)24(17)3)11-15(18)22-19(25)13-8-6-7-9-14(13)21/h6-9,11-12H,4-5,10H2,1-3H3,(H,22,25). The molecular formula is C20H22ClN3O4S. The molecule has 2 aromatic carbocycles. The van der Waals surface area contributed by atoms with Crippen LogP contribution in [0.3, 0.4) is 0 Å². The molecule has 0 atom stereocenters. The van der Waals surface area contributed by atoms with Crippen LogP contribution in [0.1, 0.15) is 30.1 Å². The number of halogens is 1. The molecule has 1 aromatic heterocycles. The third-order valence-corrected chi connectivity index (χ3v) is 7.01. The number of fused-ring (bicyclic) bond motifs is 1. The number of hydrogen-bond acceptors (Lipinski definition) is 4. The van der Waals surface area contributed by atoms with Gasteiger partial charge in [0, 0.05) is 14.1 Å². The number of nitrogens with zero attached hydrogens (tertiary/aromatic N) is 2. The van der Waals surface area contributed by atoms with Crippen molar-refractivity contribution in [2.75, 3.05) is 11.1 Å². The van der Waals surface area contributed by atoms with Crippen molar-refractivity contribution in [1.82, 2.24) is 9.13 Å². The van der Waals surface area contributed by atoms with Gasteiger partial charge in [-0.15, -0.1) is 0 Å². The maximum atomic E-state index is 13.0. The van der Waals surface area contributed by atoms with Crippen LogP contribution in [0.4, 0.5) is 5.69 Å². The molecule has 0 aliphatic heterocycles. The molecule has 0 bridgehead atoms. The van der Waals surface area contributed by atoms with Gasteiger partial charge in [-0.1, -0.05) is 37.1 Å². The van der Waals surface area contributed by atoms with Crippen LogP contribution < -0.4 is 11.0 Å². The zero-order chi connectivity index (χ0) is 21.3. The SMILES string of the molecule is CCCCS(=O)(=O)c1cc2c(cc1NC(=O)c1ccccc1Cl)n(C)c(=O)n2C. The zero-order valence-electron chi connectivity index (χ0n) is 16.4. The van der Waals surface area contributed by atoms with E-state index in [4.69, 9.17) is 11.6 Å². The van der Waals surface area contributed by atoms with Gasteiger partial charge in [-0.25, -0.2) is 13.2 Å². The first-order valence-electron chi connectivity index (χ1n) is 9.15. The molecule has 154 valence electrons. The number of unbranched alkanes of at least 4 members (excludes halogenated alkanes) is 1. The number of rotatable bonds is 6. The molecule has 1 amide bonds. The molecule has 0 saturated carbocycles. The maximum absolute atomic E-state index is 13.0. The van der Waals surface area contributed by atoms with Crippen molar-refractivity contribution in [2.45, 2.75) is 24.7 Å². The Morgan fingerprint density at radius 3 is 2.34 bits per heavy atom. The van der Waals surface area contributed by atoms with Gasteiger partial charge in [-0.05, 0) is 30.7 Å². The topological polar surface area (TPSA) is 90.2 Å². The molecule has 0 unspecified atom stereocenters. The van der Waals surface area contributed by atoms with E-state index in [0.29, 0.717) is 23.9 Å². The van der Waals surface area contributed by atoms with Crippen LogP contribution in [0.25, 0.3) is 11.0 Å². The summed E-state index contributed by atoms with van der Waals surface area (Å²) in [5.41, 5.74) is 1.06. The van der Waals surface area contributed by atoms with Crippen molar-refractivity contribution in [3.8, 4) is 0 Å². The average molecular weight is 436 g/mol. The van der Waals surface area contributed by atoms with Gasteiger partial charge in [0.2, 0.25) is 0 Å². The van der Waals surface area contributed by atoms with Crippen molar-refractivity contribution in [3.63, 3.8) is 0 Å². The Morgan fingerprint density at radius 1 is 1.10 bits per heavy atom. The minimum absolute atomic E-state index is 0.0138. The lowest BCUT2D eigenvalue weighted by Crippen LogP contribution is -2.19. The lowest BCUT2D eigenvalue weighted by molar-refractivity contribution is 0.102. The Morgan fingerprint density at radius 2 is 1.72 bits per heavy atom. The minimum Gasteiger partial charge on any atom is -0.321 e. The van der Waals surface area contributed by atoms with E-state index in [-0.39, 0.29) is 32.6 Å². The summed E-state index contributed by atoms with van der Waals surface area (Å²) >= 11 is 6.10. The van der Waals surface area contributed by atoms with Crippen LogP contribution >= 0.6 is 11.6 Å². The number of carbonyl (C=O) groups is 1. The second-order valence-electron chi connectivity index (χ2n) is 6.84. The summed E-state index contributed by atoms with van der Waals surface area (Å²) in [6.45, 7) is 1.90. The number of aromatic nitrogens is 2. The third-order valence-electron chi connectivity index (χ3n) is 4.84. The van der Waals surface area contributed by atoms with E-state index >= 15 is 0 Å². The normalized spacial score (nSPS) is 11.7. The lowest BCUT2D eigenvalue weighted by Gasteiger charge is -2.13. The van der Waals surface area contributed by atoms with Crippen molar-refractivity contribution in [1.29, 1.82) is 0 Å². The largest absolute Gasteiger partial charge is 0.328 e. The van der Waals surface area contributed by atoms with Crippen molar-refractivity contribution < 1.29 is 13.2 Å². The summed E-state index contributed by atoms with van der Waals surface area (Å²) in [6.07, 6.45) is 1.21. The Bertz CT molecular complexity index is 1260. The van der Waals surface area contributed by atoms with E-state index in [1.54, 1.807) is 38.4 Å². The van der Waals surface area contributed by atoms with Crippen LogP contribution in [-0.4, -0.2) is 29.2 Å². The molecule has 3 rings (SSSR count). The van der Waals surface area contributed by atoms with Gasteiger partial charge in [0.25, 0.3) is 5.91 Å². The number of sulfone groups is 1. The molecule has 0 saturated heterocycles. The van der Waals surface area contributed by atoms with Crippen LogP contribution in [0, 0.1) is 0 Å². The van der Waals surface area contributed by atoms with Gasteiger partial charge < -0.3 is 5.32 Å². The van der Waals surface area contributed by atoms with Crippen molar-refractivity contribution in [2.24, 2.45) is 14.1 Å². The van der Waals surface area contributed by atoms with E-state index in [0.717, 1.165) is 0 Å².